The van der Waals surface area contributed by atoms with E-state index in [1.54, 1.807) is 42.5 Å². The number of ether oxygens (including phenoxy) is 2. The number of benzene rings is 3. The number of anilines is 2. The molecule has 1 aliphatic rings. The van der Waals surface area contributed by atoms with Crippen LogP contribution < -0.4 is 19.7 Å². The average molecular weight is 418 g/mol. The normalized spacial score (nSPS) is 13.6. The molecule has 1 heterocycles. The summed E-state index contributed by atoms with van der Waals surface area (Å²) in [6.07, 6.45) is 0. The molecule has 0 aliphatic carbocycles. The van der Waals surface area contributed by atoms with E-state index < -0.39 is 17.6 Å². The van der Waals surface area contributed by atoms with E-state index >= 15 is 0 Å². The van der Waals surface area contributed by atoms with Crippen LogP contribution in [0.25, 0.3) is 5.57 Å². The molecule has 0 saturated carbocycles. The van der Waals surface area contributed by atoms with Crippen LogP contribution in [0.1, 0.15) is 5.56 Å². The largest absolute Gasteiger partial charge is 0.497 e. The van der Waals surface area contributed by atoms with Gasteiger partial charge in [0.15, 0.2) is 0 Å². The predicted octanol–water partition coefficient (Wildman–Crippen LogP) is 4.24. The highest BCUT2D eigenvalue weighted by atomic mass is 19.1. The number of nitrogens with zero attached hydrogens (tertiary/aromatic N) is 1. The monoisotopic (exact) mass is 418 g/mol. The van der Waals surface area contributed by atoms with Crippen LogP contribution in [-0.4, -0.2) is 26.0 Å². The van der Waals surface area contributed by atoms with Crippen LogP contribution in [-0.2, 0) is 9.59 Å². The van der Waals surface area contributed by atoms with Crippen LogP contribution in [0.2, 0.25) is 0 Å². The van der Waals surface area contributed by atoms with Crippen molar-refractivity contribution in [3.05, 3.63) is 89.9 Å². The number of methoxy groups -OCH3 is 2. The lowest BCUT2D eigenvalue weighted by Gasteiger charge is -2.15. The van der Waals surface area contributed by atoms with E-state index in [-0.39, 0.29) is 17.0 Å². The molecule has 0 bridgehead atoms. The molecule has 0 atom stereocenters. The van der Waals surface area contributed by atoms with Gasteiger partial charge in [0.25, 0.3) is 11.8 Å². The van der Waals surface area contributed by atoms with Gasteiger partial charge in [-0.05, 0) is 29.8 Å². The fourth-order valence-corrected chi connectivity index (χ4v) is 3.37. The Morgan fingerprint density at radius 3 is 2.00 bits per heavy atom. The summed E-state index contributed by atoms with van der Waals surface area (Å²) in [6, 6.07) is 19.2. The molecule has 31 heavy (non-hydrogen) atoms. The van der Waals surface area contributed by atoms with E-state index in [0.29, 0.717) is 22.7 Å². The van der Waals surface area contributed by atoms with Gasteiger partial charge in [-0.3, -0.25) is 9.59 Å². The molecule has 4 rings (SSSR count). The van der Waals surface area contributed by atoms with E-state index in [1.807, 2.05) is 6.07 Å². The molecule has 0 aromatic heterocycles. The summed E-state index contributed by atoms with van der Waals surface area (Å²) in [6.45, 7) is 0. The minimum absolute atomic E-state index is 0.107. The topological polar surface area (TPSA) is 67.9 Å². The van der Waals surface area contributed by atoms with Gasteiger partial charge in [-0.25, -0.2) is 9.29 Å². The first kappa shape index (κ1) is 20.2. The summed E-state index contributed by atoms with van der Waals surface area (Å²) in [5, 5.41) is 3.06. The molecule has 0 fully saturated rings. The maximum absolute atomic E-state index is 13.4. The molecule has 7 heteroatoms. The second-order valence-electron chi connectivity index (χ2n) is 6.76. The predicted molar refractivity (Wildman–Crippen MR) is 115 cm³/mol. The van der Waals surface area contributed by atoms with Gasteiger partial charge in [-0.15, -0.1) is 0 Å². The van der Waals surface area contributed by atoms with E-state index in [1.165, 1.54) is 38.5 Å². The third-order valence-corrected chi connectivity index (χ3v) is 4.85. The molecule has 3 aromatic carbocycles. The summed E-state index contributed by atoms with van der Waals surface area (Å²) in [5.74, 6) is -0.454. The van der Waals surface area contributed by atoms with Crippen molar-refractivity contribution >= 4 is 28.8 Å². The number of carbonyl (C=O) groups excluding carboxylic acids is 2. The fraction of sp³-hybridized carbons (Fsp3) is 0.0833. The van der Waals surface area contributed by atoms with Gasteiger partial charge in [0.1, 0.15) is 23.0 Å². The molecular weight excluding hydrogens is 399 g/mol. The van der Waals surface area contributed by atoms with Crippen LogP contribution in [0.4, 0.5) is 15.8 Å². The highest BCUT2D eigenvalue weighted by Gasteiger charge is 2.40. The standard InChI is InChI=1S/C24H19FN2O4/c1-30-19-12-17(13-20(14-19)31-2)26-22-21(15-6-4-3-5-7-15)23(28)27(24(22)29)18-10-8-16(25)9-11-18/h3-14,26H,1-2H3. The van der Waals surface area contributed by atoms with Crippen molar-refractivity contribution in [2.75, 3.05) is 24.4 Å². The Bertz CT molecular complexity index is 1150. The quantitative estimate of drug-likeness (QED) is 0.607. The molecule has 0 unspecified atom stereocenters. The Kier molecular flexibility index (Phi) is 5.41. The van der Waals surface area contributed by atoms with Gasteiger partial charge in [0, 0.05) is 23.9 Å². The number of amides is 2. The van der Waals surface area contributed by atoms with Gasteiger partial charge in [0.05, 0.1) is 25.5 Å². The minimum Gasteiger partial charge on any atom is -0.497 e. The molecule has 1 N–H and O–H groups in total. The second-order valence-corrected chi connectivity index (χ2v) is 6.76. The van der Waals surface area contributed by atoms with E-state index in [9.17, 15) is 14.0 Å². The van der Waals surface area contributed by atoms with Crippen molar-refractivity contribution in [2.45, 2.75) is 0 Å². The van der Waals surface area contributed by atoms with E-state index in [2.05, 4.69) is 5.32 Å². The summed E-state index contributed by atoms with van der Waals surface area (Å²) in [4.78, 5) is 27.7. The SMILES string of the molecule is COc1cc(NC2=C(c3ccccc3)C(=O)N(c3ccc(F)cc3)C2=O)cc(OC)c1. The van der Waals surface area contributed by atoms with Gasteiger partial charge in [-0.1, -0.05) is 30.3 Å². The summed E-state index contributed by atoms with van der Waals surface area (Å²) in [5.41, 5.74) is 1.71. The van der Waals surface area contributed by atoms with Crippen molar-refractivity contribution < 1.29 is 23.5 Å². The molecule has 0 radical (unpaired) electrons. The highest BCUT2D eigenvalue weighted by Crippen LogP contribution is 2.35. The van der Waals surface area contributed by atoms with Crippen molar-refractivity contribution in [2.24, 2.45) is 0 Å². The molecule has 156 valence electrons. The first-order valence-corrected chi connectivity index (χ1v) is 9.46. The Labute approximate surface area is 178 Å². The molecular formula is C24H19FN2O4. The van der Waals surface area contributed by atoms with Crippen molar-refractivity contribution in [1.29, 1.82) is 0 Å². The van der Waals surface area contributed by atoms with Crippen molar-refractivity contribution in [1.82, 2.24) is 0 Å². The molecule has 3 aromatic rings. The maximum atomic E-state index is 13.4. The van der Waals surface area contributed by atoms with Gasteiger partial charge in [-0.2, -0.15) is 0 Å². The minimum atomic E-state index is -0.544. The zero-order chi connectivity index (χ0) is 22.0. The summed E-state index contributed by atoms with van der Waals surface area (Å²) < 4.78 is 24.0. The lowest BCUT2D eigenvalue weighted by Crippen LogP contribution is -2.32. The maximum Gasteiger partial charge on any atom is 0.282 e. The number of halogens is 1. The molecule has 0 spiro atoms. The fourth-order valence-electron chi connectivity index (χ4n) is 3.37. The summed E-state index contributed by atoms with van der Waals surface area (Å²) in [7, 11) is 3.04. The third kappa shape index (κ3) is 3.85. The van der Waals surface area contributed by atoms with Crippen molar-refractivity contribution in [3.63, 3.8) is 0 Å². The third-order valence-electron chi connectivity index (χ3n) is 4.85. The van der Waals surface area contributed by atoms with Crippen molar-refractivity contribution in [3.8, 4) is 11.5 Å². The lowest BCUT2D eigenvalue weighted by molar-refractivity contribution is -0.120. The molecule has 0 saturated heterocycles. The Morgan fingerprint density at radius 2 is 1.42 bits per heavy atom. The number of hydrogen-bond donors (Lipinski definition) is 1. The zero-order valence-electron chi connectivity index (χ0n) is 16.9. The van der Waals surface area contributed by atoms with Crippen LogP contribution in [0.15, 0.2) is 78.5 Å². The number of rotatable bonds is 6. The van der Waals surface area contributed by atoms with Gasteiger partial charge in [0.2, 0.25) is 0 Å². The number of nitrogens with one attached hydrogen (secondary N) is 1. The lowest BCUT2D eigenvalue weighted by atomic mass is 10.0. The van der Waals surface area contributed by atoms with Gasteiger partial charge < -0.3 is 14.8 Å². The van der Waals surface area contributed by atoms with Crippen LogP contribution in [0.5, 0.6) is 11.5 Å². The Balaban J connectivity index is 1.81. The smallest absolute Gasteiger partial charge is 0.282 e. The number of carbonyl (C=O) groups is 2. The zero-order valence-corrected chi connectivity index (χ0v) is 16.9. The molecule has 2 amide bonds. The summed E-state index contributed by atoms with van der Waals surface area (Å²) >= 11 is 0. The number of imide groups is 1. The molecule has 1 aliphatic heterocycles. The Hall–Kier alpha value is -4.13. The van der Waals surface area contributed by atoms with Crippen LogP contribution in [0.3, 0.4) is 0 Å². The number of hydrogen-bond acceptors (Lipinski definition) is 5. The Morgan fingerprint density at radius 1 is 0.806 bits per heavy atom. The first-order valence-electron chi connectivity index (χ1n) is 9.46. The van der Waals surface area contributed by atoms with E-state index in [4.69, 9.17) is 9.47 Å². The van der Waals surface area contributed by atoms with Gasteiger partial charge >= 0.3 is 0 Å². The second kappa shape index (κ2) is 8.31. The van der Waals surface area contributed by atoms with E-state index in [0.717, 1.165) is 4.90 Å². The van der Waals surface area contributed by atoms with Crippen LogP contribution in [0, 0.1) is 5.82 Å². The average Bonchev–Trinajstić information content (AvgIpc) is 3.04. The highest BCUT2D eigenvalue weighted by molar-refractivity contribution is 6.46. The molecule has 6 nitrogen and oxygen atoms in total. The van der Waals surface area contributed by atoms with Crippen LogP contribution >= 0.6 is 0 Å². The first-order chi connectivity index (χ1) is 15.0.